The number of hydrogen-bond acceptors (Lipinski definition) is 4. The van der Waals surface area contributed by atoms with Gasteiger partial charge in [-0.25, -0.2) is 0 Å². The molecule has 2 aromatic heterocycles. The number of pyridine rings is 1. The van der Waals surface area contributed by atoms with Crippen LogP contribution in [0, 0.1) is 0 Å². The topological polar surface area (TPSA) is 88.0 Å². The number of hydrogen-bond donors (Lipinski definition) is 3. The van der Waals surface area contributed by atoms with Gasteiger partial charge in [-0.1, -0.05) is 0 Å². The fraction of sp³-hybridized carbons (Fsp3) is 0.421. The van der Waals surface area contributed by atoms with Gasteiger partial charge < -0.3 is 20.5 Å². The van der Waals surface area contributed by atoms with Gasteiger partial charge in [-0.2, -0.15) is 0 Å². The van der Waals surface area contributed by atoms with E-state index in [4.69, 9.17) is 0 Å². The Morgan fingerprint density at radius 2 is 2.12 bits per heavy atom. The molecule has 0 aromatic carbocycles. The number of anilines is 1. The molecule has 2 amide bonds. The van der Waals surface area contributed by atoms with E-state index in [-0.39, 0.29) is 17.4 Å². The summed E-state index contributed by atoms with van der Waals surface area (Å²) in [6, 6.07) is 7.58. The van der Waals surface area contributed by atoms with Crippen molar-refractivity contribution in [1.29, 1.82) is 0 Å². The Balaban J connectivity index is 1.42. The standard InChI is InChI=1S/C19H23N5O2/c1-13(25)23-15-4-3-14(20-12-15)11-21-18(26)16-5-6-17-19(7-2-8-19)22-9-10-24(16)17/h3-6,12,22H,2,7-11H2,1H3,(H,21,26)(H,23,25). The van der Waals surface area contributed by atoms with Crippen LogP contribution in [0.4, 0.5) is 5.69 Å². The summed E-state index contributed by atoms with van der Waals surface area (Å²) in [4.78, 5) is 27.9. The van der Waals surface area contributed by atoms with Crippen LogP contribution < -0.4 is 16.0 Å². The van der Waals surface area contributed by atoms with Gasteiger partial charge in [0.15, 0.2) is 0 Å². The number of nitrogens with zero attached hydrogens (tertiary/aromatic N) is 2. The number of carbonyl (C=O) groups excluding carboxylic acids is 2. The molecular formula is C19H23N5O2. The predicted molar refractivity (Wildman–Crippen MR) is 97.7 cm³/mol. The summed E-state index contributed by atoms with van der Waals surface area (Å²) in [5.74, 6) is -0.218. The number of carbonyl (C=O) groups is 2. The van der Waals surface area contributed by atoms with Gasteiger partial charge in [-0.15, -0.1) is 0 Å². The second kappa shape index (κ2) is 6.57. The summed E-state index contributed by atoms with van der Waals surface area (Å²) in [7, 11) is 0. The Kier molecular flexibility index (Phi) is 4.24. The molecule has 2 aliphatic rings. The largest absolute Gasteiger partial charge is 0.345 e. The summed E-state index contributed by atoms with van der Waals surface area (Å²) in [5, 5.41) is 9.24. The van der Waals surface area contributed by atoms with Crippen molar-refractivity contribution in [3.63, 3.8) is 0 Å². The first-order chi connectivity index (χ1) is 12.6. The van der Waals surface area contributed by atoms with Crippen molar-refractivity contribution in [3.8, 4) is 0 Å². The molecule has 136 valence electrons. The summed E-state index contributed by atoms with van der Waals surface area (Å²) in [6.45, 7) is 3.52. The minimum Gasteiger partial charge on any atom is -0.345 e. The molecule has 3 heterocycles. The van der Waals surface area contributed by atoms with Crippen molar-refractivity contribution >= 4 is 17.5 Å². The SMILES string of the molecule is CC(=O)Nc1ccc(CNC(=O)c2ccc3n2CCNC32CCC2)nc1. The molecular weight excluding hydrogens is 330 g/mol. The first-order valence-electron chi connectivity index (χ1n) is 9.03. The third-order valence-corrected chi connectivity index (χ3v) is 5.28. The molecule has 0 unspecified atom stereocenters. The van der Waals surface area contributed by atoms with Crippen LogP contribution in [0.5, 0.6) is 0 Å². The van der Waals surface area contributed by atoms with Gasteiger partial charge >= 0.3 is 0 Å². The monoisotopic (exact) mass is 353 g/mol. The molecule has 7 heteroatoms. The van der Waals surface area contributed by atoms with E-state index in [0.29, 0.717) is 17.9 Å². The van der Waals surface area contributed by atoms with Gasteiger partial charge in [0.2, 0.25) is 5.91 Å². The Morgan fingerprint density at radius 3 is 2.77 bits per heavy atom. The first kappa shape index (κ1) is 16.8. The van der Waals surface area contributed by atoms with Crippen LogP contribution >= 0.6 is 0 Å². The maximum atomic E-state index is 12.6. The lowest BCUT2D eigenvalue weighted by Gasteiger charge is -2.46. The van der Waals surface area contributed by atoms with E-state index >= 15 is 0 Å². The van der Waals surface area contributed by atoms with Gasteiger partial charge in [0.1, 0.15) is 5.69 Å². The minimum absolute atomic E-state index is 0.0812. The highest BCUT2D eigenvalue weighted by molar-refractivity contribution is 5.93. The molecule has 0 bridgehead atoms. The zero-order valence-corrected chi connectivity index (χ0v) is 14.8. The van der Waals surface area contributed by atoms with Gasteiger partial charge in [0, 0.05) is 25.7 Å². The van der Waals surface area contributed by atoms with Gasteiger partial charge in [0.05, 0.1) is 29.7 Å². The summed E-state index contributed by atoms with van der Waals surface area (Å²) in [5.41, 5.74) is 3.42. The molecule has 7 nitrogen and oxygen atoms in total. The van der Waals surface area contributed by atoms with Crippen LogP contribution in [-0.2, 0) is 23.4 Å². The lowest BCUT2D eigenvalue weighted by Crippen LogP contribution is -2.54. The lowest BCUT2D eigenvalue weighted by molar-refractivity contribution is -0.114. The molecule has 0 saturated heterocycles. The molecule has 3 N–H and O–H groups in total. The minimum atomic E-state index is -0.135. The molecule has 4 rings (SSSR count). The summed E-state index contributed by atoms with van der Waals surface area (Å²) < 4.78 is 2.15. The molecule has 1 spiro atoms. The van der Waals surface area contributed by atoms with Crippen LogP contribution in [0.3, 0.4) is 0 Å². The van der Waals surface area contributed by atoms with Crippen LogP contribution in [0.2, 0.25) is 0 Å². The Bertz CT molecular complexity index is 836. The van der Waals surface area contributed by atoms with Crippen LogP contribution in [-0.4, -0.2) is 27.9 Å². The van der Waals surface area contributed by atoms with E-state index in [9.17, 15) is 9.59 Å². The molecule has 1 saturated carbocycles. The normalized spacial score (nSPS) is 17.3. The highest BCUT2D eigenvalue weighted by atomic mass is 16.2. The van der Waals surface area contributed by atoms with Gasteiger partial charge in [-0.05, 0) is 43.5 Å². The van der Waals surface area contributed by atoms with Gasteiger partial charge in [-0.3, -0.25) is 14.6 Å². The Morgan fingerprint density at radius 1 is 1.27 bits per heavy atom. The second-order valence-electron chi connectivity index (χ2n) is 7.02. The fourth-order valence-corrected chi connectivity index (χ4v) is 3.85. The van der Waals surface area contributed by atoms with E-state index in [1.165, 1.54) is 19.0 Å². The van der Waals surface area contributed by atoms with E-state index in [1.807, 2.05) is 6.07 Å². The molecule has 0 atom stereocenters. The van der Waals surface area contributed by atoms with Crippen LogP contribution in [0.25, 0.3) is 0 Å². The molecule has 2 aromatic rings. The smallest absolute Gasteiger partial charge is 0.268 e. The summed E-state index contributed by atoms with van der Waals surface area (Å²) in [6.07, 6.45) is 5.11. The maximum Gasteiger partial charge on any atom is 0.268 e. The molecule has 1 aliphatic carbocycles. The average molecular weight is 353 g/mol. The van der Waals surface area contributed by atoms with Crippen molar-refractivity contribution in [2.45, 2.75) is 44.8 Å². The van der Waals surface area contributed by atoms with Crippen LogP contribution in [0.15, 0.2) is 30.5 Å². The molecule has 1 fully saturated rings. The van der Waals surface area contributed by atoms with E-state index in [1.54, 1.807) is 18.3 Å². The number of rotatable bonds is 4. The number of aromatic nitrogens is 2. The third-order valence-electron chi connectivity index (χ3n) is 5.28. The molecule has 1 aliphatic heterocycles. The maximum absolute atomic E-state index is 12.6. The third kappa shape index (κ3) is 2.99. The zero-order valence-electron chi connectivity index (χ0n) is 14.8. The van der Waals surface area contributed by atoms with E-state index < -0.39 is 0 Å². The highest BCUT2D eigenvalue weighted by Gasteiger charge is 2.43. The van der Waals surface area contributed by atoms with E-state index in [2.05, 4.69) is 31.6 Å². The number of amides is 2. The second-order valence-corrected chi connectivity index (χ2v) is 7.02. The van der Waals surface area contributed by atoms with Crippen molar-refractivity contribution in [2.24, 2.45) is 0 Å². The lowest BCUT2D eigenvalue weighted by atomic mass is 9.73. The highest BCUT2D eigenvalue weighted by Crippen LogP contribution is 2.43. The van der Waals surface area contributed by atoms with Crippen molar-refractivity contribution in [1.82, 2.24) is 20.2 Å². The average Bonchev–Trinajstić information content (AvgIpc) is 3.03. The van der Waals surface area contributed by atoms with Crippen molar-refractivity contribution in [2.75, 3.05) is 11.9 Å². The first-order valence-corrected chi connectivity index (χ1v) is 9.03. The predicted octanol–water partition coefficient (Wildman–Crippen LogP) is 1.75. The quantitative estimate of drug-likeness (QED) is 0.781. The Hall–Kier alpha value is -2.67. The van der Waals surface area contributed by atoms with Crippen LogP contribution in [0.1, 0.15) is 48.1 Å². The molecule has 0 radical (unpaired) electrons. The molecule has 26 heavy (non-hydrogen) atoms. The zero-order chi connectivity index (χ0) is 18.1. The Labute approximate surface area is 152 Å². The number of nitrogens with one attached hydrogen (secondary N) is 3. The number of fused-ring (bicyclic) bond motifs is 2. The van der Waals surface area contributed by atoms with Crippen molar-refractivity contribution in [3.05, 3.63) is 47.5 Å². The summed E-state index contributed by atoms with van der Waals surface area (Å²) >= 11 is 0. The fourth-order valence-electron chi connectivity index (χ4n) is 3.85. The van der Waals surface area contributed by atoms with Crippen molar-refractivity contribution < 1.29 is 9.59 Å². The van der Waals surface area contributed by atoms with E-state index in [0.717, 1.165) is 31.6 Å². The van der Waals surface area contributed by atoms with Gasteiger partial charge in [0.25, 0.3) is 5.91 Å².